The number of nitrogens with zero attached hydrogens (tertiary/aromatic N) is 1. The maximum atomic E-state index is 12.1. The average molecular weight is 268 g/mol. The molecular formula is C11H22ClNO2S. The third-order valence-corrected chi connectivity index (χ3v) is 5.98. The number of hydrogen-bond acceptors (Lipinski definition) is 2. The molecule has 1 saturated carbocycles. The van der Waals surface area contributed by atoms with Crippen molar-refractivity contribution >= 4 is 21.6 Å². The van der Waals surface area contributed by atoms with Crippen LogP contribution in [0.15, 0.2) is 0 Å². The Morgan fingerprint density at radius 3 is 2.38 bits per heavy atom. The van der Waals surface area contributed by atoms with Crippen LogP contribution < -0.4 is 0 Å². The van der Waals surface area contributed by atoms with Gasteiger partial charge in [0.15, 0.2) is 0 Å². The van der Waals surface area contributed by atoms with Crippen LogP contribution in [-0.2, 0) is 10.0 Å². The first-order valence-corrected chi connectivity index (χ1v) is 8.13. The van der Waals surface area contributed by atoms with Gasteiger partial charge in [-0.05, 0) is 18.8 Å². The summed E-state index contributed by atoms with van der Waals surface area (Å²) in [5, 5.41) is 0. The second kappa shape index (κ2) is 6.22. The van der Waals surface area contributed by atoms with Gasteiger partial charge < -0.3 is 0 Å². The predicted octanol–water partition coefficient (Wildman–Crippen LogP) is 2.46. The molecule has 0 radical (unpaired) electrons. The molecule has 5 heteroatoms. The van der Waals surface area contributed by atoms with Crippen molar-refractivity contribution in [2.24, 2.45) is 5.92 Å². The molecule has 16 heavy (non-hydrogen) atoms. The molecule has 0 N–H and O–H groups in total. The summed E-state index contributed by atoms with van der Waals surface area (Å²) in [5.41, 5.74) is 0. The molecule has 0 aromatic rings. The molecule has 1 fully saturated rings. The van der Waals surface area contributed by atoms with Gasteiger partial charge in [0.05, 0.1) is 5.75 Å². The van der Waals surface area contributed by atoms with Crippen LogP contribution in [0.2, 0.25) is 0 Å². The van der Waals surface area contributed by atoms with Gasteiger partial charge in [0.1, 0.15) is 0 Å². The Kier molecular flexibility index (Phi) is 5.54. The molecule has 3 nitrogen and oxygen atoms in total. The molecule has 0 heterocycles. The predicted molar refractivity (Wildman–Crippen MR) is 68.3 cm³/mol. The number of alkyl halides is 1. The van der Waals surface area contributed by atoms with Crippen LogP contribution >= 0.6 is 11.6 Å². The van der Waals surface area contributed by atoms with Gasteiger partial charge in [-0.25, -0.2) is 12.7 Å². The number of hydrogen-bond donors (Lipinski definition) is 0. The fraction of sp³-hybridized carbons (Fsp3) is 1.00. The highest BCUT2D eigenvalue weighted by Gasteiger charge is 2.28. The van der Waals surface area contributed by atoms with E-state index in [2.05, 4.69) is 0 Å². The van der Waals surface area contributed by atoms with Crippen molar-refractivity contribution in [2.75, 3.05) is 18.7 Å². The minimum Gasteiger partial charge on any atom is -0.212 e. The van der Waals surface area contributed by atoms with E-state index in [-0.39, 0.29) is 17.7 Å². The Morgan fingerprint density at radius 2 is 1.88 bits per heavy atom. The first-order chi connectivity index (χ1) is 7.47. The Morgan fingerprint density at radius 1 is 1.31 bits per heavy atom. The van der Waals surface area contributed by atoms with E-state index in [9.17, 15) is 8.42 Å². The molecule has 1 unspecified atom stereocenters. The van der Waals surface area contributed by atoms with Crippen LogP contribution in [0.4, 0.5) is 0 Å². The highest BCUT2D eigenvalue weighted by molar-refractivity contribution is 7.89. The molecule has 0 aliphatic heterocycles. The van der Waals surface area contributed by atoms with Crippen LogP contribution in [0, 0.1) is 5.92 Å². The Hall–Kier alpha value is 0.200. The highest BCUT2D eigenvalue weighted by atomic mass is 35.5. The summed E-state index contributed by atoms with van der Waals surface area (Å²) in [6.45, 7) is 1.87. The minimum absolute atomic E-state index is 0.0257. The van der Waals surface area contributed by atoms with Gasteiger partial charge >= 0.3 is 0 Å². The molecule has 1 aliphatic rings. The van der Waals surface area contributed by atoms with Crippen LogP contribution in [0.1, 0.15) is 39.0 Å². The van der Waals surface area contributed by atoms with Gasteiger partial charge in [0, 0.05) is 19.0 Å². The lowest BCUT2D eigenvalue weighted by Gasteiger charge is -2.31. The molecule has 0 bridgehead atoms. The summed E-state index contributed by atoms with van der Waals surface area (Å²) >= 11 is 5.67. The van der Waals surface area contributed by atoms with Gasteiger partial charge in [0.2, 0.25) is 10.0 Å². The molecule has 0 aromatic heterocycles. The third kappa shape index (κ3) is 3.90. The Balaban J connectivity index is 2.59. The topological polar surface area (TPSA) is 37.4 Å². The van der Waals surface area contributed by atoms with Crippen LogP contribution in [0.5, 0.6) is 0 Å². The first-order valence-electron chi connectivity index (χ1n) is 5.99. The summed E-state index contributed by atoms with van der Waals surface area (Å²) < 4.78 is 25.7. The van der Waals surface area contributed by atoms with Crippen molar-refractivity contribution < 1.29 is 8.42 Å². The normalized spacial score (nSPS) is 21.2. The van der Waals surface area contributed by atoms with E-state index >= 15 is 0 Å². The molecule has 0 spiro atoms. The summed E-state index contributed by atoms with van der Waals surface area (Å²) in [6.07, 6.45) is 5.55. The molecule has 96 valence electrons. The molecule has 0 amide bonds. The lowest BCUT2D eigenvalue weighted by atomic mass is 9.96. The smallest absolute Gasteiger partial charge is 0.212 e. The zero-order valence-corrected chi connectivity index (χ0v) is 11.7. The van der Waals surface area contributed by atoms with E-state index in [1.54, 1.807) is 11.4 Å². The molecule has 1 aliphatic carbocycles. The van der Waals surface area contributed by atoms with Gasteiger partial charge in [-0.1, -0.05) is 26.2 Å². The van der Waals surface area contributed by atoms with Crippen LogP contribution in [-0.4, -0.2) is 37.4 Å². The SMILES string of the molecule is CC(CCl)CS(=O)(=O)N(C)C1CCCCC1. The maximum Gasteiger partial charge on any atom is 0.214 e. The van der Waals surface area contributed by atoms with Gasteiger partial charge in [-0.2, -0.15) is 0 Å². The van der Waals surface area contributed by atoms with Gasteiger partial charge in [0.25, 0.3) is 0 Å². The largest absolute Gasteiger partial charge is 0.214 e. The standard InChI is InChI=1S/C11H22ClNO2S/c1-10(8-12)9-16(14,15)13(2)11-6-4-3-5-7-11/h10-11H,3-9H2,1-2H3. The third-order valence-electron chi connectivity index (χ3n) is 3.29. The fourth-order valence-electron chi connectivity index (χ4n) is 2.19. The van der Waals surface area contributed by atoms with Crippen molar-refractivity contribution in [3.05, 3.63) is 0 Å². The number of sulfonamides is 1. The second-order valence-corrected chi connectivity index (χ2v) is 7.23. The van der Waals surface area contributed by atoms with Crippen molar-refractivity contribution in [2.45, 2.75) is 45.1 Å². The maximum absolute atomic E-state index is 12.1. The molecule has 0 aromatic carbocycles. The quantitative estimate of drug-likeness (QED) is 0.718. The summed E-state index contributed by atoms with van der Waals surface area (Å²) in [5.74, 6) is 0.596. The van der Waals surface area contributed by atoms with Crippen LogP contribution in [0.3, 0.4) is 0 Å². The van der Waals surface area contributed by atoms with Crippen molar-refractivity contribution in [3.8, 4) is 0 Å². The zero-order chi connectivity index (χ0) is 12.2. The zero-order valence-electron chi connectivity index (χ0n) is 10.2. The van der Waals surface area contributed by atoms with Crippen molar-refractivity contribution in [1.82, 2.24) is 4.31 Å². The highest BCUT2D eigenvalue weighted by Crippen LogP contribution is 2.24. The van der Waals surface area contributed by atoms with Gasteiger partial charge in [-0.15, -0.1) is 11.6 Å². The number of halogens is 1. The second-order valence-electron chi connectivity index (χ2n) is 4.85. The first kappa shape index (κ1) is 14.3. The van der Waals surface area contributed by atoms with E-state index in [4.69, 9.17) is 11.6 Å². The lowest BCUT2D eigenvalue weighted by Crippen LogP contribution is -2.40. The molecule has 1 atom stereocenters. The molecule has 1 rings (SSSR count). The van der Waals surface area contributed by atoms with Crippen molar-refractivity contribution in [1.29, 1.82) is 0 Å². The van der Waals surface area contributed by atoms with Gasteiger partial charge in [-0.3, -0.25) is 0 Å². The van der Waals surface area contributed by atoms with E-state index in [0.29, 0.717) is 5.88 Å². The monoisotopic (exact) mass is 267 g/mol. The molecular weight excluding hydrogens is 246 g/mol. The summed E-state index contributed by atoms with van der Waals surface area (Å²) in [7, 11) is -1.41. The van der Waals surface area contributed by atoms with E-state index < -0.39 is 10.0 Å². The van der Waals surface area contributed by atoms with Crippen molar-refractivity contribution in [3.63, 3.8) is 0 Å². The van der Waals surface area contributed by atoms with E-state index in [1.807, 2.05) is 6.92 Å². The molecule has 0 saturated heterocycles. The average Bonchev–Trinajstić information content (AvgIpc) is 2.28. The number of rotatable bonds is 5. The lowest BCUT2D eigenvalue weighted by molar-refractivity contribution is 0.285. The fourth-order valence-corrected chi connectivity index (χ4v) is 4.17. The Bertz CT molecular complexity index is 299. The Labute approximate surface area is 104 Å². The van der Waals surface area contributed by atoms with E-state index in [0.717, 1.165) is 25.7 Å². The van der Waals surface area contributed by atoms with Crippen LogP contribution in [0.25, 0.3) is 0 Å². The minimum atomic E-state index is -3.12. The summed E-state index contributed by atoms with van der Waals surface area (Å²) in [6, 6.07) is 0.210. The van der Waals surface area contributed by atoms with E-state index in [1.165, 1.54) is 6.42 Å². The summed E-state index contributed by atoms with van der Waals surface area (Å²) in [4.78, 5) is 0.